The summed E-state index contributed by atoms with van der Waals surface area (Å²) in [7, 11) is 0. The fourth-order valence-electron chi connectivity index (χ4n) is 3.69. The topological polar surface area (TPSA) is 63.1 Å². The Morgan fingerprint density at radius 3 is 2.48 bits per heavy atom. The van der Waals surface area contributed by atoms with E-state index >= 15 is 0 Å². The van der Waals surface area contributed by atoms with Crippen molar-refractivity contribution in [2.75, 3.05) is 23.3 Å². The second kappa shape index (κ2) is 6.98. The summed E-state index contributed by atoms with van der Waals surface area (Å²) < 4.78 is 2.01. The Kier molecular flexibility index (Phi) is 4.66. The predicted molar refractivity (Wildman–Crippen MR) is 107 cm³/mol. The molecule has 1 aliphatic heterocycles. The zero-order chi connectivity index (χ0) is 19.0. The maximum Gasteiger partial charge on any atom is 0.277 e. The van der Waals surface area contributed by atoms with Crippen molar-refractivity contribution in [2.45, 2.75) is 64.3 Å². The molecule has 144 valence electrons. The van der Waals surface area contributed by atoms with Crippen molar-refractivity contribution in [2.24, 2.45) is 0 Å². The van der Waals surface area contributed by atoms with E-state index in [1.807, 2.05) is 29.1 Å². The van der Waals surface area contributed by atoms with E-state index < -0.39 is 0 Å². The van der Waals surface area contributed by atoms with Crippen LogP contribution in [-0.2, 0) is 5.54 Å². The van der Waals surface area contributed by atoms with E-state index in [9.17, 15) is 4.79 Å². The lowest BCUT2D eigenvalue weighted by molar-refractivity contribution is 0.102. The van der Waals surface area contributed by atoms with Crippen LogP contribution in [0, 0.1) is 0 Å². The van der Waals surface area contributed by atoms with Gasteiger partial charge in [-0.2, -0.15) is 5.10 Å². The molecule has 0 unspecified atom stereocenters. The van der Waals surface area contributed by atoms with Gasteiger partial charge in [0.15, 0.2) is 5.69 Å². The summed E-state index contributed by atoms with van der Waals surface area (Å²) in [4.78, 5) is 19.5. The summed E-state index contributed by atoms with van der Waals surface area (Å²) in [5.74, 6) is 0.914. The quantitative estimate of drug-likeness (QED) is 0.882. The minimum Gasteiger partial charge on any atom is -0.370 e. The first-order valence-corrected chi connectivity index (χ1v) is 10.0. The van der Waals surface area contributed by atoms with Gasteiger partial charge in [0.25, 0.3) is 5.91 Å². The van der Waals surface area contributed by atoms with Crippen molar-refractivity contribution in [3.05, 3.63) is 35.8 Å². The molecule has 2 aliphatic rings. The normalized spacial score (nSPS) is 17.8. The van der Waals surface area contributed by atoms with Crippen LogP contribution < -0.4 is 10.2 Å². The van der Waals surface area contributed by atoms with Gasteiger partial charge in [-0.25, -0.2) is 4.98 Å². The fraction of sp³-hybridized carbons (Fsp3) is 0.571. The van der Waals surface area contributed by atoms with E-state index in [-0.39, 0.29) is 11.4 Å². The van der Waals surface area contributed by atoms with Crippen molar-refractivity contribution < 1.29 is 4.79 Å². The van der Waals surface area contributed by atoms with Crippen molar-refractivity contribution in [1.29, 1.82) is 0 Å². The molecule has 1 saturated heterocycles. The summed E-state index contributed by atoms with van der Waals surface area (Å²) in [5.41, 5.74) is 2.63. The van der Waals surface area contributed by atoms with Gasteiger partial charge >= 0.3 is 0 Å². The second-order valence-corrected chi connectivity index (χ2v) is 8.71. The van der Waals surface area contributed by atoms with Crippen LogP contribution in [0.4, 0.5) is 11.5 Å². The summed E-state index contributed by atoms with van der Waals surface area (Å²) in [6, 6.07) is 5.86. The molecule has 4 rings (SSSR count). The number of amides is 1. The number of piperidine rings is 1. The number of carbonyl (C=O) groups excluding carboxylic acids is 1. The van der Waals surface area contributed by atoms with Crippen LogP contribution in [0.2, 0.25) is 0 Å². The van der Waals surface area contributed by atoms with Crippen LogP contribution in [0.15, 0.2) is 24.4 Å². The Labute approximate surface area is 161 Å². The maximum absolute atomic E-state index is 12.7. The zero-order valence-corrected chi connectivity index (χ0v) is 16.5. The second-order valence-electron chi connectivity index (χ2n) is 8.71. The molecule has 3 heterocycles. The van der Waals surface area contributed by atoms with Gasteiger partial charge in [0, 0.05) is 24.7 Å². The Balaban J connectivity index is 1.47. The first kappa shape index (κ1) is 18.0. The van der Waals surface area contributed by atoms with Crippen LogP contribution in [0.25, 0.3) is 0 Å². The van der Waals surface area contributed by atoms with Crippen LogP contribution in [-0.4, -0.2) is 33.8 Å². The van der Waals surface area contributed by atoms with E-state index in [1.165, 1.54) is 37.8 Å². The highest BCUT2D eigenvalue weighted by atomic mass is 16.2. The van der Waals surface area contributed by atoms with Crippen molar-refractivity contribution >= 4 is 17.4 Å². The van der Waals surface area contributed by atoms with Crippen LogP contribution in [0.3, 0.4) is 0 Å². The largest absolute Gasteiger partial charge is 0.370 e. The summed E-state index contributed by atoms with van der Waals surface area (Å²) in [6.45, 7) is 8.53. The van der Waals surface area contributed by atoms with Gasteiger partial charge in [-0.15, -0.1) is 0 Å². The number of carbonyl (C=O) groups is 1. The summed E-state index contributed by atoms with van der Waals surface area (Å²) in [5, 5.41) is 7.49. The molecule has 0 radical (unpaired) electrons. The lowest BCUT2D eigenvalue weighted by atomic mass is 10.1. The lowest BCUT2D eigenvalue weighted by Gasteiger charge is -2.28. The molecule has 6 nitrogen and oxygen atoms in total. The standard InChI is InChI=1S/C21H29N5O/c1-21(2,3)26-18(15-7-8-15)13-17(24-26)20(27)23-19-10-9-16(14-22-19)25-11-5-4-6-12-25/h9-10,13-15H,4-8,11-12H2,1-3H3,(H,22,23,27). The number of pyridine rings is 1. The van der Waals surface area contributed by atoms with E-state index in [2.05, 4.69) is 41.1 Å². The van der Waals surface area contributed by atoms with Gasteiger partial charge in [0.2, 0.25) is 0 Å². The van der Waals surface area contributed by atoms with Crippen LogP contribution >= 0.6 is 0 Å². The summed E-state index contributed by atoms with van der Waals surface area (Å²) in [6.07, 6.45) is 7.99. The Morgan fingerprint density at radius 1 is 1.15 bits per heavy atom. The molecule has 6 heteroatoms. The van der Waals surface area contributed by atoms with Crippen molar-refractivity contribution in [3.63, 3.8) is 0 Å². The van der Waals surface area contributed by atoms with E-state index in [1.54, 1.807) is 0 Å². The molecular formula is C21H29N5O. The number of aromatic nitrogens is 3. The lowest BCUT2D eigenvalue weighted by Crippen LogP contribution is -2.29. The minimum atomic E-state index is -0.196. The molecule has 0 spiro atoms. The molecule has 0 bridgehead atoms. The third kappa shape index (κ3) is 3.99. The smallest absolute Gasteiger partial charge is 0.277 e. The monoisotopic (exact) mass is 367 g/mol. The molecule has 1 N–H and O–H groups in total. The highest BCUT2D eigenvalue weighted by Gasteiger charge is 2.32. The van der Waals surface area contributed by atoms with Gasteiger partial charge in [-0.1, -0.05) is 0 Å². The van der Waals surface area contributed by atoms with Gasteiger partial charge in [-0.05, 0) is 71.1 Å². The van der Waals surface area contributed by atoms with Gasteiger partial charge < -0.3 is 10.2 Å². The first-order chi connectivity index (χ1) is 12.9. The molecular weight excluding hydrogens is 338 g/mol. The van der Waals surface area contributed by atoms with Gasteiger partial charge in [-0.3, -0.25) is 9.48 Å². The molecule has 2 aromatic heterocycles. The molecule has 1 saturated carbocycles. The van der Waals surface area contributed by atoms with E-state index in [0.717, 1.165) is 18.8 Å². The highest BCUT2D eigenvalue weighted by molar-refractivity contribution is 6.02. The zero-order valence-electron chi connectivity index (χ0n) is 16.5. The third-order valence-electron chi connectivity index (χ3n) is 5.31. The Bertz CT molecular complexity index is 808. The number of rotatable bonds is 4. The average Bonchev–Trinajstić information content (AvgIpc) is 3.39. The molecule has 0 atom stereocenters. The number of nitrogens with one attached hydrogen (secondary N) is 1. The number of anilines is 2. The van der Waals surface area contributed by atoms with Gasteiger partial charge in [0.1, 0.15) is 5.82 Å². The van der Waals surface area contributed by atoms with Crippen molar-refractivity contribution in [3.8, 4) is 0 Å². The number of nitrogens with zero attached hydrogens (tertiary/aromatic N) is 4. The number of hydrogen-bond donors (Lipinski definition) is 1. The number of hydrogen-bond acceptors (Lipinski definition) is 4. The molecule has 1 aliphatic carbocycles. The average molecular weight is 367 g/mol. The molecule has 27 heavy (non-hydrogen) atoms. The fourth-order valence-corrected chi connectivity index (χ4v) is 3.69. The van der Waals surface area contributed by atoms with Crippen LogP contribution in [0.1, 0.15) is 75.0 Å². The maximum atomic E-state index is 12.7. The summed E-state index contributed by atoms with van der Waals surface area (Å²) >= 11 is 0. The molecule has 1 amide bonds. The third-order valence-corrected chi connectivity index (χ3v) is 5.31. The first-order valence-electron chi connectivity index (χ1n) is 10.0. The predicted octanol–water partition coefficient (Wildman–Crippen LogP) is 4.15. The van der Waals surface area contributed by atoms with Gasteiger partial charge in [0.05, 0.1) is 17.4 Å². The Hall–Kier alpha value is -2.37. The van der Waals surface area contributed by atoms with Crippen LogP contribution in [0.5, 0.6) is 0 Å². The Morgan fingerprint density at radius 2 is 1.89 bits per heavy atom. The van der Waals surface area contributed by atoms with Crippen molar-refractivity contribution in [1.82, 2.24) is 14.8 Å². The SMILES string of the molecule is CC(C)(C)n1nc(C(=O)Nc2ccc(N3CCCCC3)cn2)cc1C1CC1. The van der Waals surface area contributed by atoms with E-state index in [4.69, 9.17) is 0 Å². The minimum absolute atomic E-state index is 0.134. The molecule has 2 aromatic rings. The molecule has 0 aromatic carbocycles. The van der Waals surface area contributed by atoms with E-state index in [0.29, 0.717) is 17.4 Å². The highest BCUT2D eigenvalue weighted by Crippen LogP contribution is 2.41. The molecule has 2 fully saturated rings.